The second-order valence-corrected chi connectivity index (χ2v) is 4.33. The van der Waals surface area contributed by atoms with Gasteiger partial charge < -0.3 is 14.9 Å². The van der Waals surface area contributed by atoms with Crippen LogP contribution in [0.25, 0.3) is 0 Å². The topological polar surface area (TPSA) is 60.9 Å². The maximum absolute atomic E-state index is 11.9. The predicted molar refractivity (Wildman–Crippen MR) is 60.2 cm³/mol. The van der Waals surface area contributed by atoms with Gasteiger partial charge in [0.25, 0.3) is 0 Å². The number of amides is 2. The quantitative estimate of drug-likeness (QED) is 0.790. The first kappa shape index (κ1) is 12.8. The Morgan fingerprint density at radius 3 is 2.75 bits per heavy atom. The molecule has 0 radical (unpaired) electrons. The van der Waals surface area contributed by atoms with E-state index in [0.717, 1.165) is 12.8 Å². The van der Waals surface area contributed by atoms with E-state index >= 15 is 0 Å². The van der Waals surface area contributed by atoms with Gasteiger partial charge in [0.2, 0.25) is 0 Å². The summed E-state index contributed by atoms with van der Waals surface area (Å²) in [6, 6.07) is -0.0483. The van der Waals surface area contributed by atoms with Gasteiger partial charge in [-0.15, -0.1) is 0 Å². The molecule has 0 aromatic heterocycles. The maximum atomic E-state index is 11.9. The van der Waals surface area contributed by atoms with Gasteiger partial charge in [-0.3, -0.25) is 4.79 Å². The Balaban J connectivity index is 2.53. The number of rotatable bonds is 3. The highest BCUT2D eigenvalue weighted by Crippen LogP contribution is 2.17. The average Bonchev–Trinajstić information content (AvgIpc) is 2.28. The summed E-state index contributed by atoms with van der Waals surface area (Å²) in [6.07, 6.45) is 2.37. The predicted octanol–water partition coefficient (Wildman–Crippen LogP) is 1.24. The fourth-order valence-electron chi connectivity index (χ4n) is 2.02. The van der Waals surface area contributed by atoms with E-state index in [1.165, 1.54) is 0 Å². The van der Waals surface area contributed by atoms with Crippen molar-refractivity contribution in [1.29, 1.82) is 0 Å². The summed E-state index contributed by atoms with van der Waals surface area (Å²) < 4.78 is 0. The second kappa shape index (κ2) is 5.72. The summed E-state index contributed by atoms with van der Waals surface area (Å²) in [4.78, 5) is 26.1. The number of carboxylic acid groups (broad SMARTS) is 1. The second-order valence-electron chi connectivity index (χ2n) is 4.33. The molecule has 1 atom stereocenters. The summed E-state index contributed by atoms with van der Waals surface area (Å²) in [5.74, 6) is -1.19. The Morgan fingerprint density at radius 2 is 2.19 bits per heavy atom. The van der Waals surface area contributed by atoms with Crippen molar-refractivity contribution in [1.82, 2.24) is 9.80 Å². The van der Waals surface area contributed by atoms with Crippen LogP contribution in [0, 0.1) is 5.92 Å². The lowest BCUT2D eigenvalue weighted by molar-refractivity contribution is -0.143. The number of nitrogens with zero attached hydrogens (tertiary/aromatic N) is 2. The highest BCUT2D eigenvalue weighted by molar-refractivity contribution is 5.76. The first-order valence-electron chi connectivity index (χ1n) is 5.79. The molecular formula is C11H20N2O3. The van der Waals surface area contributed by atoms with E-state index in [-0.39, 0.29) is 6.03 Å². The van der Waals surface area contributed by atoms with Gasteiger partial charge in [0.1, 0.15) is 0 Å². The molecule has 1 fully saturated rings. The summed E-state index contributed by atoms with van der Waals surface area (Å²) in [7, 11) is 1.76. The Bertz CT molecular complexity index is 268. The van der Waals surface area contributed by atoms with Crippen LogP contribution in [-0.2, 0) is 4.79 Å². The molecule has 1 aliphatic rings. The fourth-order valence-corrected chi connectivity index (χ4v) is 2.02. The zero-order chi connectivity index (χ0) is 12.1. The molecule has 0 bridgehead atoms. The SMILES string of the molecule is CCCN(C)C(=O)N1CCC[C@H](C(=O)O)C1. The van der Waals surface area contributed by atoms with Gasteiger partial charge in [0, 0.05) is 26.7 Å². The first-order chi connectivity index (χ1) is 7.56. The van der Waals surface area contributed by atoms with E-state index in [1.807, 2.05) is 6.92 Å². The van der Waals surface area contributed by atoms with Crippen LogP contribution in [-0.4, -0.2) is 53.6 Å². The van der Waals surface area contributed by atoms with Gasteiger partial charge in [0.15, 0.2) is 0 Å². The van der Waals surface area contributed by atoms with Gasteiger partial charge in [-0.2, -0.15) is 0 Å². The van der Waals surface area contributed by atoms with E-state index in [2.05, 4.69) is 0 Å². The number of hydrogen-bond donors (Lipinski definition) is 1. The minimum Gasteiger partial charge on any atom is -0.481 e. The number of likely N-dealkylation sites (tertiary alicyclic amines) is 1. The molecule has 0 aliphatic carbocycles. The van der Waals surface area contributed by atoms with Gasteiger partial charge in [-0.1, -0.05) is 6.92 Å². The fraction of sp³-hybridized carbons (Fsp3) is 0.818. The van der Waals surface area contributed by atoms with Crippen molar-refractivity contribution < 1.29 is 14.7 Å². The molecule has 5 heteroatoms. The van der Waals surface area contributed by atoms with Crippen molar-refractivity contribution in [3.8, 4) is 0 Å². The monoisotopic (exact) mass is 228 g/mol. The van der Waals surface area contributed by atoms with Crippen molar-refractivity contribution in [2.24, 2.45) is 5.92 Å². The molecule has 1 N–H and O–H groups in total. The largest absolute Gasteiger partial charge is 0.481 e. The molecule has 0 aromatic carbocycles. The standard InChI is InChI=1S/C11H20N2O3/c1-3-6-12(2)11(16)13-7-4-5-9(8-13)10(14)15/h9H,3-8H2,1-2H3,(H,14,15)/t9-/m0/s1. The van der Waals surface area contributed by atoms with Crippen LogP contribution in [0.4, 0.5) is 4.79 Å². The number of urea groups is 1. The first-order valence-corrected chi connectivity index (χ1v) is 5.79. The third kappa shape index (κ3) is 3.12. The molecule has 1 heterocycles. The van der Waals surface area contributed by atoms with E-state index in [9.17, 15) is 9.59 Å². The highest BCUT2D eigenvalue weighted by atomic mass is 16.4. The van der Waals surface area contributed by atoms with Crippen LogP contribution in [0.5, 0.6) is 0 Å². The zero-order valence-electron chi connectivity index (χ0n) is 9.98. The third-order valence-corrected chi connectivity index (χ3v) is 2.93. The van der Waals surface area contributed by atoms with Crippen LogP contribution in [0.1, 0.15) is 26.2 Å². The van der Waals surface area contributed by atoms with Crippen molar-refractivity contribution in [2.75, 3.05) is 26.7 Å². The average molecular weight is 228 g/mol. The number of carbonyl (C=O) groups is 2. The highest BCUT2D eigenvalue weighted by Gasteiger charge is 2.29. The molecular weight excluding hydrogens is 208 g/mol. The Kier molecular flexibility index (Phi) is 4.58. The molecule has 0 unspecified atom stereocenters. The van der Waals surface area contributed by atoms with Gasteiger partial charge in [-0.25, -0.2) is 4.79 Å². The lowest BCUT2D eigenvalue weighted by Crippen LogP contribution is -2.47. The molecule has 0 spiro atoms. The minimum absolute atomic E-state index is 0.0483. The lowest BCUT2D eigenvalue weighted by atomic mass is 9.99. The molecule has 5 nitrogen and oxygen atoms in total. The number of carboxylic acids is 1. The molecule has 0 aromatic rings. The Hall–Kier alpha value is -1.26. The number of carbonyl (C=O) groups excluding carboxylic acids is 1. The van der Waals surface area contributed by atoms with Gasteiger partial charge >= 0.3 is 12.0 Å². The molecule has 1 saturated heterocycles. The van der Waals surface area contributed by atoms with Crippen molar-refractivity contribution in [2.45, 2.75) is 26.2 Å². The molecule has 1 aliphatic heterocycles. The Morgan fingerprint density at radius 1 is 1.50 bits per heavy atom. The number of aliphatic carboxylic acids is 1. The summed E-state index contributed by atoms with van der Waals surface area (Å²) in [6.45, 7) is 3.76. The van der Waals surface area contributed by atoms with Crippen LogP contribution in [0.3, 0.4) is 0 Å². The summed E-state index contributed by atoms with van der Waals surface area (Å²) in [5, 5.41) is 8.93. The summed E-state index contributed by atoms with van der Waals surface area (Å²) in [5.41, 5.74) is 0. The lowest BCUT2D eigenvalue weighted by Gasteiger charge is -2.33. The third-order valence-electron chi connectivity index (χ3n) is 2.93. The van der Waals surface area contributed by atoms with Crippen LogP contribution in [0.15, 0.2) is 0 Å². The van der Waals surface area contributed by atoms with Crippen LogP contribution >= 0.6 is 0 Å². The van der Waals surface area contributed by atoms with Crippen molar-refractivity contribution in [3.05, 3.63) is 0 Å². The van der Waals surface area contributed by atoms with E-state index in [4.69, 9.17) is 5.11 Å². The van der Waals surface area contributed by atoms with E-state index < -0.39 is 11.9 Å². The maximum Gasteiger partial charge on any atom is 0.319 e. The molecule has 0 saturated carbocycles. The van der Waals surface area contributed by atoms with Gasteiger partial charge in [0.05, 0.1) is 5.92 Å². The van der Waals surface area contributed by atoms with Crippen LogP contribution < -0.4 is 0 Å². The minimum atomic E-state index is -0.796. The van der Waals surface area contributed by atoms with Crippen molar-refractivity contribution in [3.63, 3.8) is 0 Å². The van der Waals surface area contributed by atoms with E-state index in [1.54, 1.807) is 16.8 Å². The zero-order valence-corrected chi connectivity index (χ0v) is 9.98. The summed E-state index contributed by atoms with van der Waals surface area (Å²) >= 11 is 0. The van der Waals surface area contributed by atoms with Gasteiger partial charge in [-0.05, 0) is 19.3 Å². The molecule has 2 amide bonds. The molecule has 92 valence electrons. The normalized spacial score (nSPS) is 20.6. The van der Waals surface area contributed by atoms with Crippen molar-refractivity contribution >= 4 is 12.0 Å². The number of piperidine rings is 1. The molecule has 16 heavy (non-hydrogen) atoms. The van der Waals surface area contributed by atoms with Crippen LogP contribution in [0.2, 0.25) is 0 Å². The van der Waals surface area contributed by atoms with E-state index in [0.29, 0.717) is 26.1 Å². The number of hydrogen-bond acceptors (Lipinski definition) is 2. The smallest absolute Gasteiger partial charge is 0.319 e. The Labute approximate surface area is 96.0 Å². The molecule has 1 rings (SSSR count).